The van der Waals surface area contributed by atoms with Gasteiger partial charge in [0, 0.05) is 13.0 Å². The molecule has 0 saturated carbocycles. The van der Waals surface area contributed by atoms with Crippen LogP contribution in [0.3, 0.4) is 0 Å². The molecule has 112 valence electrons. The molecule has 0 bridgehead atoms. The van der Waals surface area contributed by atoms with E-state index in [0.29, 0.717) is 24.7 Å². The van der Waals surface area contributed by atoms with Gasteiger partial charge in [0.05, 0.1) is 19.0 Å². The van der Waals surface area contributed by atoms with Crippen LogP contribution in [0.4, 0.5) is 5.82 Å². The maximum atomic E-state index is 10.6. The van der Waals surface area contributed by atoms with Gasteiger partial charge in [-0.2, -0.15) is 4.98 Å². The molecular formula is C14H23N3O3. The van der Waals surface area contributed by atoms with E-state index in [9.17, 15) is 4.79 Å². The fourth-order valence-electron chi connectivity index (χ4n) is 1.75. The molecule has 0 aliphatic rings. The van der Waals surface area contributed by atoms with Crippen LogP contribution in [0.15, 0.2) is 12.4 Å². The molecule has 6 heteroatoms. The average Bonchev–Trinajstić information content (AvgIpc) is 2.37. The minimum Gasteiger partial charge on any atom is -0.481 e. The summed E-state index contributed by atoms with van der Waals surface area (Å²) in [6.07, 6.45) is 4.94. The Bertz CT molecular complexity index is 435. The number of anilines is 1. The molecule has 20 heavy (non-hydrogen) atoms. The zero-order valence-electron chi connectivity index (χ0n) is 12.3. The van der Waals surface area contributed by atoms with Crippen LogP contribution in [0.2, 0.25) is 0 Å². The summed E-state index contributed by atoms with van der Waals surface area (Å²) in [7, 11) is 0. The summed E-state index contributed by atoms with van der Waals surface area (Å²) in [5.41, 5.74) is -0.0175. The van der Waals surface area contributed by atoms with Crippen molar-refractivity contribution in [3.8, 4) is 5.88 Å². The molecule has 0 saturated heterocycles. The first-order valence-corrected chi connectivity index (χ1v) is 6.83. The van der Waals surface area contributed by atoms with Crippen LogP contribution in [0.25, 0.3) is 0 Å². The SMILES string of the molecule is CCOc1cncc(NCCC(C)(C)CCC(=O)O)n1. The number of carbonyl (C=O) groups is 1. The zero-order chi connectivity index (χ0) is 15.0. The number of carboxylic acid groups (broad SMARTS) is 1. The molecule has 1 aromatic heterocycles. The molecule has 2 N–H and O–H groups in total. The van der Waals surface area contributed by atoms with E-state index < -0.39 is 5.97 Å². The lowest BCUT2D eigenvalue weighted by molar-refractivity contribution is -0.137. The molecule has 1 heterocycles. The lowest BCUT2D eigenvalue weighted by Crippen LogP contribution is -2.18. The van der Waals surface area contributed by atoms with Crippen molar-refractivity contribution in [1.29, 1.82) is 0 Å². The fourth-order valence-corrected chi connectivity index (χ4v) is 1.75. The number of hydrogen-bond donors (Lipinski definition) is 2. The smallest absolute Gasteiger partial charge is 0.303 e. The molecule has 0 radical (unpaired) electrons. The van der Waals surface area contributed by atoms with Gasteiger partial charge in [0.25, 0.3) is 0 Å². The molecule has 0 fully saturated rings. The number of aromatic nitrogens is 2. The van der Waals surface area contributed by atoms with Gasteiger partial charge in [-0.3, -0.25) is 9.78 Å². The van der Waals surface area contributed by atoms with Gasteiger partial charge >= 0.3 is 5.97 Å². The normalized spacial score (nSPS) is 11.2. The van der Waals surface area contributed by atoms with Gasteiger partial charge in [0.1, 0.15) is 5.82 Å². The van der Waals surface area contributed by atoms with E-state index in [1.54, 1.807) is 12.4 Å². The summed E-state index contributed by atoms with van der Waals surface area (Å²) in [4.78, 5) is 18.9. The average molecular weight is 281 g/mol. The highest BCUT2D eigenvalue weighted by Crippen LogP contribution is 2.26. The van der Waals surface area contributed by atoms with Crippen molar-refractivity contribution in [3.63, 3.8) is 0 Å². The Morgan fingerprint density at radius 3 is 2.80 bits per heavy atom. The van der Waals surface area contributed by atoms with Crippen molar-refractivity contribution in [2.45, 2.75) is 40.0 Å². The van der Waals surface area contributed by atoms with Crippen LogP contribution in [0.5, 0.6) is 5.88 Å². The molecule has 0 amide bonds. The minimum absolute atomic E-state index is 0.0175. The first kappa shape index (κ1) is 16.2. The second-order valence-corrected chi connectivity index (χ2v) is 5.41. The highest BCUT2D eigenvalue weighted by atomic mass is 16.5. The van der Waals surface area contributed by atoms with Crippen molar-refractivity contribution in [3.05, 3.63) is 12.4 Å². The van der Waals surface area contributed by atoms with Gasteiger partial charge in [-0.05, 0) is 25.2 Å². The van der Waals surface area contributed by atoms with Gasteiger partial charge in [0.2, 0.25) is 5.88 Å². The first-order valence-electron chi connectivity index (χ1n) is 6.83. The van der Waals surface area contributed by atoms with Crippen molar-refractivity contribution in [2.24, 2.45) is 5.41 Å². The highest BCUT2D eigenvalue weighted by Gasteiger charge is 2.18. The van der Waals surface area contributed by atoms with Crippen molar-refractivity contribution in [2.75, 3.05) is 18.5 Å². The van der Waals surface area contributed by atoms with Crippen LogP contribution in [0.1, 0.15) is 40.0 Å². The van der Waals surface area contributed by atoms with Gasteiger partial charge in [-0.1, -0.05) is 13.8 Å². The first-order chi connectivity index (χ1) is 9.43. The van der Waals surface area contributed by atoms with Crippen molar-refractivity contribution < 1.29 is 14.6 Å². The van der Waals surface area contributed by atoms with Crippen LogP contribution in [-0.2, 0) is 4.79 Å². The largest absolute Gasteiger partial charge is 0.481 e. The molecule has 0 atom stereocenters. The van der Waals surface area contributed by atoms with Crippen LogP contribution in [0, 0.1) is 5.41 Å². The van der Waals surface area contributed by atoms with E-state index in [1.165, 1.54) is 0 Å². The summed E-state index contributed by atoms with van der Waals surface area (Å²) >= 11 is 0. The van der Waals surface area contributed by atoms with E-state index in [1.807, 2.05) is 6.92 Å². The summed E-state index contributed by atoms with van der Waals surface area (Å²) in [6.45, 7) is 7.31. The summed E-state index contributed by atoms with van der Waals surface area (Å²) in [5, 5.41) is 11.9. The minimum atomic E-state index is -0.749. The molecule has 0 unspecified atom stereocenters. The van der Waals surface area contributed by atoms with Crippen molar-refractivity contribution >= 4 is 11.8 Å². The highest BCUT2D eigenvalue weighted by molar-refractivity contribution is 5.66. The van der Waals surface area contributed by atoms with E-state index in [4.69, 9.17) is 9.84 Å². The number of nitrogens with zero attached hydrogens (tertiary/aromatic N) is 2. The lowest BCUT2D eigenvalue weighted by atomic mass is 9.84. The second kappa shape index (κ2) is 7.67. The van der Waals surface area contributed by atoms with E-state index >= 15 is 0 Å². The maximum Gasteiger partial charge on any atom is 0.303 e. The van der Waals surface area contributed by atoms with E-state index in [0.717, 1.165) is 13.0 Å². The molecule has 6 nitrogen and oxygen atoms in total. The Balaban J connectivity index is 2.39. The molecule has 1 rings (SSSR count). The Morgan fingerprint density at radius 2 is 2.15 bits per heavy atom. The number of hydrogen-bond acceptors (Lipinski definition) is 5. The Kier molecular flexibility index (Phi) is 6.21. The Labute approximate surface area is 119 Å². The van der Waals surface area contributed by atoms with Gasteiger partial charge < -0.3 is 15.2 Å². The number of aliphatic carboxylic acids is 1. The number of carboxylic acids is 1. The molecule has 0 aliphatic carbocycles. The Morgan fingerprint density at radius 1 is 1.40 bits per heavy atom. The third-order valence-corrected chi connectivity index (χ3v) is 3.03. The number of rotatable bonds is 9. The molecule has 0 aliphatic heterocycles. The van der Waals surface area contributed by atoms with Crippen LogP contribution < -0.4 is 10.1 Å². The van der Waals surface area contributed by atoms with Gasteiger partial charge in [0.15, 0.2) is 0 Å². The summed E-state index contributed by atoms with van der Waals surface area (Å²) in [6, 6.07) is 0. The second-order valence-electron chi connectivity index (χ2n) is 5.41. The summed E-state index contributed by atoms with van der Waals surface area (Å²) < 4.78 is 5.28. The Hall–Kier alpha value is -1.85. The quantitative estimate of drug-likeness (QED) is 0.723. The van der Waals surface area contributed by atoms with Crippen molar-refractivity contribution in [1.82, 2.24) is 9.97 Å². The van der Waals surface area contributed by atoms with E-state index in [2.05, 4.69) is 29.1 Å². The van der Waals surface area contributed by atoms with Crippen LogP contribution >= 0.6 is 0 Å². The molecule has 1 aromatic rings. The van der Waals surface area contributed by atoms with Gasteiger partial charge in [-0.25, -0.2) is 0 Å². The molecule has 0 aromatic carbocycles. The van der Waals surface area contributed by atoms with Crippen LogP contribution in [-0.4, -0.2) is 34.2 Å². The fraction of sp³-hybridized carbons (Fsp3) is 0.643. The lowest BCUT2D eigenvalue weighted by Gasteiger charge is -2.23. The summed E-state index contributed by atoms with van der Waals surface area (Å²) in [5.74, 6) is 0.425. The molecular weight excluding hydrogens is 258 g/mol. The number of nitrogens with one attached hydrogen (secondary N) is 1. The van der Waals surface area contributed by atoms with Gasteiger partial charge in [-0.15, -0.1) is 0 Å². The standard InChI is InChI=1S/C14H23N3O3/c1-4-20-12-10-15-9-11(17-12)16-8-7-14(2,3)6-5-13(18)19/h9-10H,4-8H2,1-3H3,(H,16,17)(H,18,19). The van der Waals surface area contributed by atoms with E-state index in [-0.39, 0.29) is 11.8 Å². The third-order valence-electron chi connectivity index (χ3n) is 3.03. The zero-order valence-corrected chi connectivity index (χ0v) is 12.3. The monoisotopic (exact) mass is 281 g/mol. The third kappa shape index (κ3) is 6.36. The predicted molar refractivity (Wildman–Crippen MR) is 77.0 cm³/mol. The molecule has 0 spiro atoms. The topological polar surface area (TPSA) is 84.3 Å². The predicted octanol–water partition coefficient (Wildman–Crippen LogP) is 2.57. The maximum absolute atomic E-state index is 10.6. The number of ether oxygens (including phenoxy) is 1.